The molecule has 294 valence electrons. The van der Waals surface area contributed by atoms with E-state index < -0.39 is 0 Å². The molecule has 0 aliphatic rings. The monoisotopic (exact) mass is 805 g/mol. The minimum Gasteiger partial charge on any atom is -0.308 e. The molecule has 7 heteroatoms. The molecule has 0 unspecified atom stereocenters. The summed E-state index contributed by atoms with van der Waals surface area (Å²) >= 11 is 0. The second-order valence-corrected chi connectivity index (χ2v) is 15.9. The summed E-state index contributed by atoms with van der Waals surface area (Å²) in [4.78, 5) is 19.2. The first-order valence-electron chi connectivity index (χ1n) is 21.1. The summed E-state index contributed by atoms with van der Waals surface area (Å²) in [6.45, 7) is 0. The molecular formula is C56H35N7. The van der Waals surface area contributed by atoms with Crippen LogP contribution in [-0.4, -0.2) is 33.6 Å². The Balaban J connectivity index is 1.16. The minimum absolute atomic E-state index is 0.600. The molecule has 7 nitrogen and oxygen atoms in total. The first-order valence-corrected chi connectivity index (χ1v) is 21.1. The number of hydrogen-bond donors (Lipinski definition) is 0. The fourth-order valence-electron chi connectivity index (χ4n) is 9.72. The van der Waals surface area contributed by atoms with Crippen LogP contribution in [0, 0.1) is 0 Å². The van der Waals surface area contributed by atoms with Crippen LogP contribution in [0.1, 0.15) is 0 Å². The maximum Gasteiger partial charge on any atom is 0.164 e. The molecule has 8 aromatic carbocycles. The minimum atomic E-state index is 0.600. The van der Waals surface area contributed by atoms with Gasteiger partial charge in [0.1, 0.15) is 0 Å². The number of nitrogens with zero attached hydrogens (tertiary/aromatic N) is 7. The zero-order valence-corrected chi connectivity index (χ0v) is 33.8. The van der Waals surface area contributed by atoms with E-state index in [9.17, 15) is 0 Å². The Kier molecular flexibility index (Phi) is 7.77. The molecule has 0 N–H and O–H groups in total. The zero-order chi connectivity index (χ0) is 41.4. The number of rotatable bonds is 6. The number of pyridine rings is 1. The van der Waals surface area contributed by atoms with E-state index in [1.807, 2.05) is 42.5 Å². The number of benzene rings is 8. The zero-order valence-electron chi connectivity index (χ0n) is 33.8. The van der Waals surface area contributed by atoms with Gasteiger partial charge in [-0.25, -0.2) is 15.0 Å². The van der Waals surface area contributed by atoms with Crippen LogP contribution in [0.3, 0.4) is 0 Å². The van der Waals surface area contributed by atoms with E-state index in [1.54, 1.807) is 12.4 Å². The molecule has 5 aromatic heterocycles. The van der Waals surface area contributed by atoms with E-state index in [-0.39, 0.29) is 0 Å². The highest BCUT2D eigenvalue weighted by Gasteiger charge is 2.28. The summed E-state index contributed by atoms with van der Waals surface area (Å²) in [5.41, 5.74) is 12.9. The van der Waals surface area contributed by atoms with Crippen LogP contribution in [0.2, 0.25) is 0 Å². The van der Waals surface area contributed by atoms with Crippen LogP contribution in [0.4, 0.5) is 0 Å². The molecule has 0 aliphatic carbocycles. The predicted molar refractivity (Wildman–Crippen MR) is 257 cm³/mol. The Bertz CT molecular complexity index is 3740. The van der Waals surface area contributed by atoms with Crippen molar-refractivity contribution in [1.82, 2.24) is 33.6 Å². The van der Waals surface area contributed by atoms with Crippen molar-refractivity contribution < 1.29 is 0 Å². The van der Waals surface area contributed by atoms with E-state index >= 15 is 0 Å². The molecule has 0 bridgehead atoms. The highest BCUT2D eigenvalue weighted by atomic mass is 15.1. The predicted octanol–water partition coefficient (Wildman–Crippen LogP) is 13.6. The lowest BCUT2D eigenvalue weighted by atomic mass is 10.0. The molecule has 0 saturated carbocycles. The summed E-state index contributed by atoms with van der Waals surface area (Å²) in [5, 5.41) is 7.24. The Hall–Kier alpha value is -8.68. The maximum atomic E-state index is 5.04. The van der Waals surface area contributed by atoms with Crippen molar-refractivity contribution in [2.45, 2.75) is 0 Å². The van der Waals surface area contributed by atoms with Gasteiger partial charge < -0.3 is 13.7 Å². The van der Waals surface area contributed by atoms with E-state index in [0.717, 1.165) is 55.8 Å². The molecule has 0 saturated heterocycles. The van der Waals surface area contributed by atoms with Gasteiger partial charge in [0.2, 0.25) is 0 Å². The van der Waals surface area contributed by atoms with Crippen molar-refractivity contribution in [1.29, 1.82) is 0 Å². The highest BCUT2D eigenvalue weighted by Crippen LogP contribution is 2.50. The Morgan fingerprint density at radius 2 is 0.587 bits per heavy atom. The third kappa shape index (κ3) is 5.33. The van der Waals surface area contributed by atoms with Crippen LogP contribution < -0.4 is 0 Å². The fourth-order valence-corrected chi connectivity index (χ4v) is 9.72. The smallest absolute Gasteiger partial charge is 0.164 e. The summed E-state index contributed by atoms with van der Waals surface area (Å²) in [7, 11) is 0. The maximum absolute atomic E-state index is 5.04. The van der Waals surface area contributed by atoms with Gasteiger partial charge >= 0.3 is 0 Å². The molecule has 0 aliphatic heterocycles. The second kappa shape index (κ2) is 13.9. The van der Waals surface area contributed by atoms with Crippen molar-refractivity contribution in [3.63, 3.8) is 0 Å². The molecule has 5 heterocycles. The topological polar surface area (TPSA) is 66.3 Å². The van der Waals surface area contributed by atoms with E-state index in [2.05, 4.69) is 176 Å². The second-order valence-electron chi connectivity index (χ2n) is 15.9. The average molecular weight is 806 g/mol. The first-order chi connectivity index (χ1) is 31.3. The van der Waals surface area contributed by atoms with Gasteiger partial charge in [0.05, 0.1) is 33.1 Å². The Morgan fingerprint density at radius 1 is 0.270 bits per heavy atom. The largest absolute Gasteiger partial charge is 0.308 e. The van der Waals surface area contributed by atoms with Gasteiger partial charge in [-0.05, 0) is 78.9 Å². The third-order valence-corrected chi connectivity index (χ3v) is 12.4. The molecule has 0 atom stereocenters. The van der Waals surface area contributed by atoms with Crippen LogP contribution in [0.5, 0.6) is 0 Å². The van der Waals surface area contributed by atoms with Gasteiger partial charge in [-0.3, -0.25) is 4.98 Å². The summed E-state index contributed by atoms with van der Waals surface area (Å²) in [6.07, 6.45) is 3.53. The summed E-state index contributed by atoms with van der Waals surface area (Å²) in [6, 6.07) is 70.8. The number of para-hydroxylation sites is 5. The SMILES string of the molecule is c1ccc(-c2nc(-c3ccncc3)nc(-c3ccc(-n4c5ccccc5c5c6c(c7ccccc7n6-c6ccccc6)c6c(c7ccccc7n6-c6ccccc6)c54)cc3)n2)cc1. The van der Waals surface area contributed by atoms with E-state index in [0.29, 0.717) is 17.5 Å². The van der Waals surface area contributed by atoms with Crippen LogP contribution in [0.15, 0.2) is 213 Å². The van der Waals surface area contributed by atoms with Crippen LogP contribution >= 0.6 is 0 Å². The van der Waals surface area contributed by atoms with Crippen molar-refractivity contribution in [3.05, 3.63) is 213 Å². The van der Waals surface area contributed by atoms with Gasteiger partial charge in [0, 0.05) is 78.5 Å². The van der Waals surface area contributed by atoms with Crippen molar-refractivity contribution in [3.8, 4) is 51.2 Å². The number of fused-ring (bicyclic) bond motifs is 12. The van der Waals surface area contributed by atoms with Crippen LogP contribution in [-0.2, 0) is 0 Å². The molecule has 13 rings (SSSR count). The van der Waals surface area contributed by atoms with Crippen molar-refractivity contribution >= 4 is 65.4 Å². The van der Waals surface area contributed by atoms with Gasteiger partial charge in [-0.2, -0.15) is 0 Å². The molecule has 0 fully saturated rings. The van der Waals surface area contributed by atoms with Gasteiger partial charge in [0.15, 0.2) is 17.5 Å². The number of aromatic nitrogens is 7. The summed E-state index contributed by atoms with van der Waals surface area (Å²) in [5.74, 6) is 1.82. The van der Waals surface area contributed by atoms with Gasteiger partial charge in [-0.15, -0.1) is 0 Å². The quantitative estimate of drug-likeness (QED) is 0.168. The van der Waals surface area contributed by atoms with Crippen molar-refractivity contribution in [2.75, 3.05) is 0 Å². The Morgan fingerprint density at radius 3 is 1.00 bits per heavy atom. The Labute approximate surface area is 361 Å². The molecular weight excluding hydrogens is 771 g/mol. The standard InChI is InChI=1S/C56H35N7/c1-4-16-36(17-5-1)54-58-55(60-56(59-54)38-32-34-57-35-33-38)37-28-30-41(31-29-37)63-47-27-15-12-24-44(47)50-52-48(42-22-10-13-25-45(42)61(52)39-18-6-2-7-19-39)51-49(53(50)63)43-23-11-14-26-46(43)62(51)40-20-8-3-9-21-40/h1-35H. The van der Waals surface area contributed by atoms with Gasteiger partial charge in [-0.1, -0.05) is 121 Å². The lowest BCUT2D eigenvalue weighted by molar-refractivity contribution is 1.07. The lowest BCUT2D eigenvalue weighted by Crippen LogP contribution is -2.01. The lowest BCUT2D eigenvalue weighted by Gasteiger charge is -2.14. The highest BCUT2D eigenvalue weighted by molar-refractivity contribution is 6.40. The van der Waals surface area contributed by atoms with Crippen LogP contribution in [0.25, 0.3) is 117 Å². The molecule has 63 heavy (non-hydrogen) atoms. The van der Waals surface area contributed by atoms with Crippen molar-refractivity contribution in [2.24, 2.45) is 0 Å². The average Bonchev–Trinajstić information content (AvgIpc) is 4.01. The molecule has 0 amide bonds. The first kappa shape index (κ1) is 35.1. The van der Waals surface area contributed by atoms with E-state index in [1.165, 1.54) is 43.4 Å². The fraction of sp³-hybridized carbons (Fsp3) is 0. The third-order valence-electron chi connectivity index (χ3n) is 12.4. The molecule has 13 aromatic rings. The summed E-state index contributed by atoms with van der Waals surface area (Å²) < 4.78 is 7.42. The normalized spacial score (nSPS) is 11.8. The van der Waals surface area contributed by atoms with Gasteiger partial charge in [0.25, 0.3) is 0 Å². The molecule has 0 radical (unpaired) electrons. The molecule has 0 spiro atoms. The number of hydrogen-bond acceptors (Lipinski definition) is 4. The van der Waals surface area contributed by atoms with E-state index in [4.69, 9.17) is 15.0 Å².